The number of likely N-dealkylation sites (tertiary alicyclic amines) is 1. The Morgan fingerprint density at radius 3 is 2.67 bits per heavy atom. The summed E-state index contributed by atoms with van der Waals surface area (Å²) < 4.78 is 10.6. The fourth-order valence-corrected chi connectivity index (χ4v) is 4.04. The number of benzene rings is 2. The summed E-state index contributed by atoms with van der Waals surface area (Å²) in [5, 5.41) is 4.09. The van der Waals surface area contributed by atoms with E-state index in [1.807, 2.05) is 43.3 Å². The monoisotopic (exact) mass is 406 g/mol. The summed E-state index contributed by atoms with van der Waals surface area (Å²) in [7, 11) is 1.59. The zero-order chi connectivity index (χ0) is 21.1. The number of rotatable bonds is 5. The third-order valence-electron chi connectivity index (χ3n) is 5.74. The number of methoxy groups -OCH3 is 1. The highest BCUT2D eigenvalue weighted by Crippen LogP contribution is 2.24. The molecule has 0 atom stereocenters. The van der Waals surface area contributed by atoms with Crippen LogP contribution >= 0.6 is 0 Å². The van der Waals surface area contributed by atoms with E-state index in [1.54, 1.807) is 19.2 Å². The van der Waals surface area contributed by atoms with Crippen molar-refractivity contribution in [3.8, 4) is 5.75 Å². The van der Waals surface area contributed by atoms with Crippen molar-refractivity contribution in [2.75, 3.05) is 20.2 Å². The second-order valence-corrected chi connectivity index (χ2v) is 7.79. The van der Waals surface area contributed by atoms with E-state index >= 15 is 0 Å². The molecule has 6 nitrogen and oxygen atoms in total. The lowest BCUT2D eigenvalue weighted by atomic mass is 10.0. The SMILES string of the molecule is COc1ccc2c(CN3CCC(NC(=O)c4ccccc4C)CC3)cc(=O)oc2c1. The number of carbonyl (C=O) groups excluding carboxylic acids is 1. The molecule has 1 aromatic heterocycles. The molecular weight excluding hydrogens is 380 g/mol. The van der Waals surface area contributed by atoms with Crippen molar-refractivity contribution in [2.45, 2.75) is 32.4 Å². The number of nitrogens with zero attached hydrogens (tertiary/aromatic N) is 1. The van der Waals surface area contributed by atoms with Crippen LogP contribution in [0.4, 0.5) is 0 Å². The maximum absolute atomic E-state index is 12.6. The average molecular weight is 406 g/mol. The Labute approximate surface area is 175 Å². The van der Waals surface area contributed by atoms with Crippen molar-refractivity contribution < 1.29 is 13.9 Å². The summed E-state index contributed by atoms with van der Waals surface area (Å²) in [6.45, 7) is 4.34. The van der Waals surface area contributed by atoms with Gasteiger partial charge in [0.1, 0.15) is 11.3 Å². The molecule has 0 saturated carbocycles. The zero-order valence-electron chi connectivity index (χ0n) is 17.3. The molecule has 0 spiro atoms. The van der Waals surface area contributed by atoms with Crippen LogP contribution in [0.25, 0.3) is 11.0 Å². The number of nitrogens with one attached hydrogen (secondary N) is 1. The standard InChI is InChI=1S/C24H26N2O4/c1-16-5-3-4-6-20(16)24(28)25-18-9-11-26(12-10-18)15-17-13-23(27)30-22-14-19(29-2)7-8-21(17)22/h3-8,13-14,18H,9-12,15H2,1-2H3,(H,25,28). The van der Waals surface area contributed by atoms with E-state index in [4.69, 9.17) is 9.15 Å². The number of carbonyl (C=O) groups is 1. The molecule has 2 aromatic carbocycles. The number of ether oxygens (including phenoxy) is 1. The Bertz CT molecular complexity index is 1110. The molecule has 0 bridgehead atoms. The first-order valence-electron chi connectivity index (χ1n) is 10.2. The van der Waals surface area contributed by atoms with Crippen LogP contribution in [0.15, 0.2) is 57.7 Å². The molecule has 1 amide bonds. The molecule has 0 aliphatic carbocycles. The predicted molar refractivity (Wildman–Crippen MR) is 116 cm³/mol. The summed E-state index contributed by atoms with van der Waals surface area (Å²) in [4.78, 5) is 26.9. The van der Waals surface area contributed by atoms with Crippen LogP contribution < -0.4 is 15.7 Å². The molecule has 30 heavy (non-hydrogen) atoms. The molecule has 3 aromatic rings. The smallest absolute Gasteiger partial charge is 0.336 e. The number of fused-ring (bicyclic) bond motifs is 1. The summed E-state index contributed by atoms with van der Waals surface area (Å²) in [5.74, 6) is 0.653. The van der Waals surface area contributed by atoms with E-state index < -0.39 is 0 Å². The molecular formula is C24H26N2O4. The molecule has 4 rings (SSSR count). The van der Waals surface area contributed by atoms with Gasteiger partial charge in [-0.1, -0.05) is 18.2 Å². The number of aryl methyl sites for hydroxylation is 1. The minimum absolute atomic E-state index is 0.00726. The molecule has 0 unspecified atom stereocenters. The van der Waals surface area contributed by atoms with E-state index in [2.05, 4.69) is 10.2 Å². The fraction of sp³-hybridized carbons (Fsp3) is 0.333. The van der Waals surface area contributed by atoms with Gasteiger partial charge in [-0.2, -0.15) is 0 Å². The molecule has 1 aliphatic rings. The van der Waals surface area contributed by atoms with Crippen LogP contribution in [-0.2, 0) is 6.54 Å². The van der Waals surface area contributed by atoms with Gasteiger partial charge in [0.2, 0.25) is 0 Å². The fourth-order valence-electron chi connectivity index (χ4n) is 4.04. The Morgan fingerprint density at radius 2 is 1.93 bits per heavy atom. The van der Waals surface area contributed by atoms with Gasteiger partial charge in [0.25, 0.3) is 5.91 Å². The first kappa shape index (κ1) is 20.2. The summed E-state index contributed by atoms with van der Waals surface area (Å²) in [5.41, 5.74) is 2.85. The first-order chi connectivity index (χ1) is 14.5. The molecule has 1 aliphatic heterocycles. The van der Waals surface area contributed by atoms with Crippen LogP contribution in [-0.4, -0.2) is 37.0 Å². The topological polar surface area (TPSA) is 71.8 Å². The van der Waals surface area contributed by atoms with Crippen molar-refractivity contribution in [1.82, 2.24) is 10.2 Å². The molecule has 0 radical (unpaired) electrons. The van der Waals surface area contributed by atoms with Gasteiger partial charge >= 0.3 is 5.63 Å². The number of piperidine rings is 1. The Kier molecular flexibility index (Phi) is 5.86. The molecule has 1 fully saturated rings. The lowest BCUT2D eigenvalue weighted by Gasteiger charge is -2.32. The minimum atomic E-state index is -0.355. The second-order valence-electron chi connectivity index (χ2n) is 7.79. The lowest BCUT2D eigenvalue weighted by Crippen LogP contribution is -2.44. The Morgan fingerprint density at radius 1 is 1.17 bits per heavy atom. The highest BCUT2D eigenvalue weighted by molar-refractivity contribution is 5.95. The van der Waals surface area contributed by atoms with Crippen molar-refractivity contribution >= 4 is 16.9 Å². The van der Waals surface area contributed by atoms with Gasteiger partial charge in [0.15, 0.2) is 0 Å². The molecule has 1 N–H and O–H groups in total. The molecule has 2 heterocycles. The van der Waals surface area contributed by atoms with E-state index in [-0.39, 0.29) is 17.6 Å². The molecule has 156 valence electrons. The van der Waals surface area contributed by atoms with E-state index in [1.165, 1.54) is 0 Å². The van der Waals surface area contributed by atoms with Gasteiger partial charge in [0.05, 0.1) is 7.11 Å². The number of hydrogen-bond donors (Lipinski definition) is 1. The maximum Gasteiger partial charge on any atom is 0.336 e. The van der Waals surface area contributed by atoms with E-state index in [0.29, 0.717) is 17.9 Å². The van der Waals surface area contributed by atoms with Gasteiger partial charge in [0, 0.05) is 48.8 Å². The van der Waals surface area contributed by atoms with Crippen LogP contribution in [0.2, 0.25) is 0 Å². The largest absolute Gasteiger partial charge is 0.497 e. The number of hydrogen-bond acceptors (Lipinski definition) is 5. The van der Waals surface area contributed by atoms with Gasteiger partial charge in [-0.25, -0.2) is 4.79 Å². The minimum Gasteiger partial charge on any atom is -0.497 e. The Hall–Kier alpha value is -3.12. The lowest BCUT2D eigenvalue weighted by molar-refractivity contribution is 0.0908. The first-order valence-corrected chi connectivity index (χ1v) is 10.2. The highest BCUT2D eigenvalue weighted by atomic mass is 16.5. The van der Waals surface area contributed by atoms with Gasteiger partial charge in [-0.3, -0.25) is 9.69 Å². The van der Waals surface area contributed by atoms with Crippen LogP contribution in [0, 0.1) is 6.92 Å². The highest BCUT2D eigenvalue weighted by Gasteiger charge is 2.22. The third kappa shape index (κ3) is 4.39. The summed E-state index contributed by atoms with van der Waals surface area (Å²) in [6, 6.07) is 14.9. The maximum atomic E-state index is 12.6. The Balaban J connectivity index is 1.40. The van der Waals surface area contributed by atoms with E-state index in [9.17, 15) is 9.59 Å². The van der Waals surface area contributed by atoms with Crippen molar-refractivity contribution in [2.24, 2.45) is 0 Å². The van der Waals surface area contributed by atoms with Gasteiger partial charge < -0.3 is 14.5 Å². The van der Waals surface area contributed by atoms with E-state index in [0.717, 1.165) is 48.0 Å². The van der Waals surface area contributed by atoms with Gasteiger partial charge in [-0.05, 0) is 49.1 Å². The van der Waals surface area contributed by atoms with Crippen molar-refractivity contribution in [3.05, 3.63) is 75.6 Å². The number of amides is 1. The summed E-state index contributed by atoms with van der Waals surface area (Å²) in [6.07, 6.45) is 1.76. The van der Waals surface area contributed by atoms with Crippen LogP contribution in [0.3, 0.4) is 0 Å². The predicted octanol–water partition coefficient (Wildman–Crippen LogP) is 3.50. The van der Waals surface area contributed by atoms with Gasteiger partial charge in [-0.15, -0.1) is 0 Å². The normalized spacial score (nSPS) is 15.3. The zero-order valence-corrected chi connectivity index (χ0v) is 17.3. The third-order valence-corrected chi connectivity index (χ3v) is 5.74. The quantitative estimate of drug-likeness (QED) is 0.657. The average Bonchev–Trinajstić information content (AvgIpc) is 2.74. The van der Waals surface area contributed by atoms with Crippen molar-refractivity contribution in [1.29, 1.82) is 0 Å². The molecule has 1 saturated heterocycles. The van der Waals surface area contributed by atoms with Crippen molar-refractivity contribution in [3.63, 3.8) is 0 Å². The summed E-state index contributed by atoms with van der Waals surface area (Å²) >= 11 is 0. The van der Waals surface area contributed by atoms with Crippen LogP contribution in [0.1, 0.15) is 34.3 Å². The second kappa shape index (κ2) is 8.71. The van der Waals surface area contributed by atoms with Crippen LogP contribution in [0.5, 0.6) is 5.75 Å². The molecule has 6 heteroatoms.